The van der Waals surface area contributed by atoms with Gasteiger partial charge in [-0.3, -0.25) is 19.3 Å². The topological polar surface area (TPSA) is 87.2 Å². The van der Waals surface area contributed by atoms with Gasteiger partial charge >= 0.3 is 0 Å². The molecule has 2 fully saturated rings. The average molecular weight is 397 g/mol. The number of hydrogen-bond acceptors (Lipinski definition) is 6. The summed E-state index contributed by atoms with van der Waals surface area (Å²) in [5.41, 5.74) is 0.255. The largest absolute Gasteiger partial charge is 0.504 e. The zero-order chi connectivity index (χ0) is 18.8. The van der Waals surface area contributed by atoms with Crippen LogP contribution in [0.1, 0.15) is 18.4 Å². The molecule has 1 aromatic carbocycles. The monoisotopic (exact) mass is 396 g/mol. The van der Waals surface area contributed by atoms with Gasteiger partial charge in [0, 0.05) is 29.7 Å². The summed E-state index contributed by atoms with van der Waals surface area (Å²) in [4.78, 5) is 39.6. The number of nitrogens with zero attached hydrogens (tertiary/aromatic N) is 2. The van der Waals surface area contributed by atoms with Crippen molar-refractivity contribution in [2.24, 2.45) is 0 Å². The molecule has 2 saturated heterocycles. The summed E-state index contributed by atoms with van der Waals surface area (Å²) in [6, 6.07) is 2.90. The van der Waals surface area contributed by atoms with Crippen LogP contribution < -0.4 is 4.74 Å². The van der Waals surface area contributed by atoms with E-state index in [4.69, 9.17) is 16.3 Å². The number of thioether (sulfide) groups is 1. The third-order valence-electron chi connectivity index (χ3n) is 4.20. The Bertz CT molecular complexity index is 805. The SMILES string of the molecule is COc1cc(Cl)cc(/C=C2\SC(=O)N(CC(=O)N3CCCC3)C2=O)c1O. The molecule has 0 aromatic heterocycles. The standard InChI is InChI=1S/C17H17ClN2O5S/c1-25-12-8-11(18)6-10(15(12)22)7-13-16(23)20(17(24)26-13)9-14(21)19-4-2-3-5-19/h6-8,22H,2-5,9H2,1H3/b13-7-. The number of methoxy groups -OCH3 is 1. The number of imide groups is 1. The molecule has 2 aliphatic rings. The number of aromatic hydroxyl groups is 1. The molecule has 0 radical (unpaired) electrons. The molecule has 26 heavy (non-hydrogen) atoms. The van der Waals surface area contributed by atoms with Crippen molar-refractivity contribution in [2.75, 3.05) is 26.7 Å². The van der Waals surface area contributed by atoms with Crippen molar-refractivity contribution in [2.45, 2.75) is 12.8 Å². The first-order valence-corrected chi connectivity index (χ1v) is 9.20. The van der Waals surface area contributed by atoms with Gasteiger partial charge in [0.05, 0.1) is 12.0 Å². The van der Waals surface area contributed by atoms with E-state index in [-0.39, 0.29) is 34.4 Å². The van der Waals surface area contributed by atoms with Crippen LogP contribution in [0.2, 0.25) is 5.02 Å². The Morgan fingerprint density at radius 3 is 2.69 bits per heavy atom. The Hall–Kier alpha value is -2.19. The highest BCUT2D eigenvalue weighted by molar-refractivity contribution is 8.18. The van der Waals surface area contributed by atoms with Gasteiger partial charge in [-0.05, 0) is 36.7 Å². The molecule has 3 rings (SSSR count). The number of amides is 3. The van der Waals surface area contributed by atoms with Crippen molar-refractivity contribution in [1.29, 1.82) is 0 Å². The number of rotatable bonds is 4. The van der Waals surface area contributed by atoms with E-state index in [0.29, 0.717) is 18.1 Å². The van der Waals surface area contributed by atoms with Crippen molar-refractivity contribution >= 4 is 46.5 Å². The first kappa shape index (κ1) is 18.6. The summed E-state index contributed by atoms with van der Waals surface area (Å²) in [5, 5.41) is 9.97. The quantitative estimate of drug-likeness (QED) is 0.787. The molecule has 1 N–H and O–H groups in total. The second kappa shape index (κ2) is 7.59. The van der Waals surface area contributed by atoms with Gasteiger partial charge in [0.2, 0.25) is 5.91 Å². The van der Waals surface area contributed by atoms with E-state index >= 15 is 0 Å². The van der Waals surface area contributed by atoms with E-state index in [9.17, 15) is 19.5 Å². The molecular formula is C17H17ClN2O5S. The molecule has 0 atom stereocenters. The van der Waals surface area contributed by atoms with Crippen molar-refractivity contribution in [3.8, 4) is 11.5 Å². The van der Waals surface area contributed by atoms with E-state index in [1.165, 1.54) is 25.3 Å². The highest BCUT2D eigenvalue weighted by Gasteiger charge is 2.37. The summed E-state index contributed by atoms with van der Waals surface area (Å²) in [6.07, 6.45) is 3.24. The number of ether oxygens (including phenoxy) is 1. The Morgan fingerprint density at radius 1 is 1.35 bits per heavy atom. The van der Waals surface area contributed by atoms with Crippen molar-refractivity contribution < 1.29 is 24.2 Å². The highest BCUT2D eigenvalue weighted by atomic mass is 35.5. The van der Waals surface area contributed by atoms with Crippen LogP contribution in [-0.2, 0) is 9.59 Å². The fourth-order valence-electron chi connectivity index (χ4n) is 2.84. The maximum Gasteiger partial charge on any atom is 0.294 e. The smallest absolute Gasteiger partial charge is 0.294 e. The van der Waals surface area contributed by atoms with Gasteiger partial charge in [0.1, 0.15) is 6.54 Å². The Kier molecular flexibility index (Phi) is 5.43. The average Bonchev–Trinajstić information content (AvgIpc) is 3.22. The van der Waals surface area contributed by atoms with Gasteiger partial charge < -0.3 is 14.7 Å². The van der Waals surface area contributed by atoms with Crippen LogP contribution in [-0.4, -0.2) is 58.7 Å². The molecular weight excluding hydrogens is 380 g/mol. The normalized spacial score (nSPS) is 18.9. The molecule has 0 unspecified atom stereocenters. The maximum atomic E-state index is 12.5. The predicted octanol–water partition coefficient (Wildman–Crippen LogP) is 2.71. The first-order valence-electron chi connectivity index (χ1n) is 8.00. The molecule has 3 amide bonds. The highest BCUT2D eigenvalue weighted by Crippen LogP contribution is 2.38. The zero-order valence-corrected chi connectivity index (χ0v) is 15.6. The van der Waals surface area contributed by atoms with Gasteiger partial charge in [-0.25, -0.2) is 0 Å². The second-order valence-electron chi connectivity index (χ2n) is 5.90. The van der Waals surface area contributed by atoms with Gasteiger partial charge in [-0.2, -0.15) is 0 Å². The van der Waals surface area contributed by atoms with E-state index < -0.39 is 11.1 Å². The van der Waals surface area contributed by atoms with Gasteiger partial charge in [-0.1, -0.05) is 11.6 Å². The van der Waals surface area contributed by atoms with Crippen molar-refractivity contribution in [1.82, 2.24) is 9.80 Å². The van der Waals surface area contributed by atoms with Crippen molar-refractivity contribution in [3.05, 3.63) is 27.6 Å². The van der Waals surface area contributed by atoms with Crippen LogP contribution in [0.15, 0.2) is 17.0 Å². The van der Waals surface area contributed by atoms with Crippen LogP contribution in [0.25, 0.3) is 6.08 Å². The van der Waals surface area contributed by atoms with E-state index in [1.54, 1.807) is 4.90 Å². The first-order chi connectivity index (χ1) is 12.4. The molecule has 1 aromatic rings. The molecule has 2 aliphatic heterocycles. The Labute approximate surface area is 159 Å². The predicted molar refractivity (Wildman–Crippen MR) is 98.2 cm³/mol. The number of phenolic OH excluding ortho intramolecular Hbond substituents is 1. The fourth-order valence-corrected chi connectivity index (χ4v) is 3.89. The minimum atomic E-state index is -0.564. The zero-order valence-electron chi connectivity index (χ0n) is 14.0. The van der Waals surface area contributed by atoms with Crippen molar-refractivity contribution in [3.63, 3.8) is 0 Å². The Balaban J connectivity index is 1.81. The molecule has 9 heteroatoms. The summed E-state index contributed by atoms with van der Waals surface area (Å²) in [6.45, 7) is 1.04. The van der Waals surface area contributed by atoms with Crippen LogP contribution in [0.5, 0.6) is 11.5 Å². The molecule has 0 spiro atoms. The number of benzene rings is 1. The minimum Gasteiger partial charge on any atom is -0.504 e. The van der Waals surface area contributed by atoms with E-state index in [1.807, 2.05) is 0 Å². The van der Waals surface area contributed by atoms with Gasteiger partial charge in [0.15, 0.2) is 11.5 Å². The van der Waals surface area contributed by atoms with E-state index in [2.05, 4.69) is 0 Å². The Morgan fingerprint density at radius 2 is 2.04 bits per heavy atom. The number of carbonyl (C=O) groups excluding carboxylic acids is 3. The number of halogens is 1. The summed E-state index contributed by atoms with van der Waals surface area (Å²) < 4.78 is 5.03. The van der Waals surface area contributed by atoms with Gasteiger partial charge in [0.25, 0.3) is 11.1 Å². The lowest BCUT2D eigenvalue weighted by Crippen LogP contribution is -2.40. The fraction of sp³-hybridized carbons (Fsp3) is 0.353. The van der Waals surface area contributed by atoms with E-state index in [0.717, 1.165) is 29.5 Å². The number of carbonyl (C=O) groups is 3. The number of hydrogen-bond donors (Lipinski definition) is 1. The third kappa shape index (κ3) is 3.66. The summed E-state index contributed by atoms with van der Waals surface area (Å²) >= 11 is 6.70. The molecule has 0 saturated carbocycles. The van der Waals surface area contributed by atoms with Crippen LogP contribution in [0.3, 0.4) is 0 Å². The summed E-state index contributed by atoms with van der Waals surface area (Å²) in [5.74, 6) is -0.826. The van der Waals surface area contributed by atoms with Crippen LogP contribution in [0.4, 0.5) is 4.79 Å². The molecule has 138 valence electrons. The summed E-state index contributed by atoms with van der Waals surface area (Å²) in [7, 11) is 1.38. The molecule has 0 aliphatic carbocycles. The molecule has 0 bridgehead atoms. The number of phenols is 1. The van der Waals surface area contributed by atoms with Crippen LogP contribution >= 0.6 is 23.4 Å². The number of likely N-dealkylation sites (tertiary alicyclic amines) is 1. The minimum absolute atomic E-state index is 0.115. The van der Waals surface area contributed by atoms with Crippen LogP contribution in [0, 0.1) is 0 Å². The maximum absolute atomic E-state index is 12.5. The lowest BCUT2D eigenvalue weighted by molar-refractivity contribution is -0.135. The molecule has 7 nitrogen and oxygen atoms in total. The second-order valence-corrected chi connectivity index (χ2v) is 7.33. The van der Waals surface area contributed by atoms with Gasteiger partial charge in [-0.15, -0.1) is 0 Å². The third-order valence-corrected chi connectivity index (χ3v) is 5.33. The lowest BCUT2D eigenvalue weighted by Gasteiger charge is -2.18. The molecule has 2 heterocycles. The lowest BCUT2D eigenvalue weighted by atomic mass is 10.1.